The van der Waals surface area contributed by atoms with E-state index in [1.165, 1.54) is 5.52 Å². The molecule has 3 rings (SSSR count). The molecule has 0 aliphatic rings. The molecule has 0 unspecified atom stereocenters. The SMILES string of the molecule is CCC[n+]1c(N)n(CCOc2ccc(Br)cc2)c2ccccc21. The maximum Gasteiger partial charge on any atom is 0.356 e. The van der Waals surface area contributed by atoms with Crippen molar-refractivity contribution in [2.24, 2.45) is 0 Å². The van der Waals surface area contributed by atoms with Crippen LogP contribution in [0, 0.1) is 0 Å². The molecule has 1 aromatic heterocycles. The normalized spacial score (nSPS) is 11.0. The van der Waals surface area contributed by atoms with Gasteiger partial charge in [0.15, 0.2) is 0 Å². The van der Waals surface area contributed by atoms with Crippen molar-refractivity contribution in [3.05, 3.63) is 53.0 Å². The van der Waals surface area contributed by atoms with Crippen molar-refractivity contribution in [2.45, 2.75) is 26.4 Å². The number of anilines is 1. The van der Waals surface area contributed by atoms with Gasteiger partial charge < -0.3 is 4.74 Å². The number of nitrogens with zero attached hydrogens (tertiary/aromatic N) is 2. The van der Waals surface area contributed by atoms with E-state index in [2.05, 4.69) is 50.2 Å². The molecule has 0 spiro atoms. The summed E-state index contributed by atoms with van der Waals surface area (Å²) < 4.78 is 11.2. The molecule has 0 radical (unpaired) electrons. The van der Waals surface area contributed by atoms with Gasteiger partial charge in [-0.05, 0) is 42.8 Å². The molecule has 0 fully saturated rings. The molecule has 1 heterocycles. The van der Waals surface area contributed by atoms with E-state index in [0.717, 1.165) is 41.2 Å². The second-order valence-corrected chi connectivity index (χ2v) is 6.37. The highest BCUT2D eigenvalue weighted by molar-refractivity contribution is 9.10. The number of rotatable bonds is 6. The van der Waals surface area contributed by atoms with E-state index in [0.29, 0.717) is 6.61 Å². The van der Waals surface area contributed by atoms with Gasteiger partial charge in [0.1, 0.15) is 29.9 Å². The van der Waals surface area contributed by atoms with Crippen LogP contribution in [0.25, 0.3) is 11.0 Å². The van der Waals surface area contributed by atoms with Crippen LogP contribution in [0.2, 0.25) is 0 Å². The maximum absolute atomic E-state index is 6.37. The van der Waals surface area contributed by atoms with E-state index < -0.39 is 0 Å². The van der Waals surface area contributed by atoms with Crippen LogP contribution in [-0.4, -0.2) is 11.2 Å². The van der Waals surface area contributed by atoms with Gasteiger partial charge in [-0.15, -0.1) is 0 Å². The fraction of sp³-hybridized carbons (Fsp3) is 0.278. The lowest BCUT2D eigenvalue weighted by Crippen LogP contribution is -2.36. The third-order valence-electron chi connectivity index (χ3n) is 3.86. The van der Waals surface area contributed by atoms with Crippen LogP contribution >= 0.6 is 15.9 Å². The number of fused-ring (bicyclic) bond motifs is 1. The summed E-state index contributed by atoms with van der Waals surface area (Å²) in [6, 6.07) is 16.2. The first-order chi connectivity index (χ1) is 11.2. The second-order valence-electron chi connectivity index (χ2n) is 5.45. The Labute approximate surface area is 144 Å². The zero-order chi connectivity index (χ0) is 16.2. The molecule has 0 amide bonds. The predicted octanol–water partition coefficient (Wildman–Crippen LogP) is 3.76. The van der Waals surface area contributed by atoms with Gasteiger partial charge in [0.25, 0.3) is 0 Å². The average Bonchev–Trinajstić information content (AvgIpc) is 2.83. The summed E-state index contributed by atoms with van der Waals surface area (Å²) in [4.78, 5) is 0. The topological polar surface area (TPSA) is 44.1 Å². The summed E-state index contributed by atoms with van der Waals surface area (Å²) in [5, 5.41) is 0. The van der Waals surface area contributed by atoms with Gasteiger partial charge >= 0.3 is 5.95 Å². The summed E-state index contributed by atoms with van der Waals surface area (Å²) in [6.07, 6.45) is 1.05. The van der Waals surface area contributed by atoms with Crippen molar-refractivity contribution in [1.82, 2.24) is 4.57 Å². The number of imidazole rings is 1. The number of aromatic nitrogens is 2. The number of hydrogen-bond donors (Lipinski definition) is 1. The minimum Gasteiger partial charge on any atom is -0.490 e. The highest BCUT2D eigenvalue weighted by Crippen LogP contribution is 2.18. The molecule has 0 aliphatic carbocycles. The lowest BCUT2D eigenvalue weighted by molar-refractivity contribution is -0.657. The number of para-hydroxylation sites is 2. The Kier molecular flexibility index (Phi) is 4.86. The van der Waals surface area contributed by atoms with Crippen molar-refractivity contribution in [3.8, 4) is 5.75 Å². The smallest absolute Gasteiger partial charge is 0.356 e. The lowest BCUT2D eigenvalue weighted by atomic mass is 10.3. The highest BCUT2D eigenvalue weighted by atomic mass is 79.9. The Morgan fingerprint density at radius 3 is 2.61 bits per heavy atom. The van der Waals surface area contributed by atoms with Crippen molar-refractivity contribution >= 4 is 32.9 Å². The molecule has 23 heavy (non-hydrogen) atoms. The van der Waals surface area contributed by atoms with Crippen LogP contribution in [0.3, 0.4) is 0 Å². The molecule has 0 atom stereocenters. The molecule has 0 saturated carbocycles. The number of ether oxygens (including phenoxy) is 1. The molecule has 0 aliphatic heterocycles. The Hall–Kier alpha value is -2.01. The quantitative estimate of drug-likeness (QED) is 0.667. The van der Waals surface area contributed by atoms with Crippen molar-refractivity contribution in [1.29, 1.82) is 0 Å². The molecule has 0 bridgehead atoms. The number of benzene rings is 2. The third kappa shape index (κ3) is 3.34. The van der Waals surface area contributed by atoms with Gasteiger partial charge in [-0.25, -0.2) is 9.13 Å². The van der Waals surface area contributed by atoms with Gasteiger partial charge in [0, 0.05) is 4.47 Å². The predicted molar refractivity (Wildman–Crippen MR) is 96.5 cm³/mol. The van der Waals surface area contributed by atoms with E-state index >= 15 is 0 Å². The van der Waals surface area contributed by atoms with Gasteiger partial charge in [-0.3, -0.25) is 5.73 Å². The molecule has 2 N–H and O–H groups in total. The number of nitrogen functional groups attached to an aromatic ring is 1. The zero-order valence-corrected chi connectivity index (χ0v) is 14.8. The minimum absolute atomic E-state index is 0.580. The molecule has 5 heteroatoms. The number of hydrogen-bond acceptors (Lipinski definition) is 2. The Bertz CT molecular complexity index is 796. The molecule has 2 aromatic carbocycles. The first-order valence-corrected chi connectivity index (χ1v) is 8.65. The number of aryl methyl sites for hydroxylation is 1. The monoisotopic (exact) mass is 374 g/mol. The summed E-state index contributed by atoms with van der Waals surface area (Å²) in [5.74, 6) is 1.65. The Morgan fingerprint density at radius 1 is 1.13 bits per heavy atom. The van der Waals surface area contributed by atoms with Crippen molar-refractivity contribution < 1.29 is 9.30 Å². The fourth-order valence-corrected chi connectivity index (χ4v) is 3.06. The van der Waals surface area contributed by atoms with Gasteiger partial charge in [0.05, 0.1) is 6.54 Å². The van der Waals surface area contributed by atoms with E-state index in [1.54, 1.807) is 0 Å². The van der Waals surface area contributed by atoms with Gasteiger partial charge in [-0.2, -0.15) is 0 Å². The Balaban J connectivity index is 1.79. The Morgan fingerprint density at radius 2 is 1.87 bits per heavy atom. The van der Waals surface area contributed by atoms with Gasteiger partial charge in [0.2, 0.25) is 0 Å². The zero-order valence-electron chi connectivity index (χ0n) is 13.2. The van der Waals surface area contributed by atoms with E-state index in [1.807, 2.05) is 30.3 Å². The second kappa shape index (κ2) is 7.04. The third-order valence-corrected chi connectivity index (χ3v) is 4.39. The first kappa shape index (κ1) is 15.9. The number of halogens is 1. The van der Waals surface area contributed by atoms with Crippen LogP contribution in [0.15, 0.2) is 53.0 Å². The highest BCUT2D eigenvalue weighted by Gasteiger charge is 2.19. The van der Waals surface area contributed by atoms with E-state index in [9.17, 15) is 0 Å². The van der Waals surface area contributed by atoms with Crippen molar-refractivity contribution in [3.63, 3.8) is 0 Å². The van der Waals surface area contributed by atoms with E-state index in [-0.39, 0.29) is 0 Å². The van der Waals surface area contributed by atoms with E-state index in [4.69, 9.17) is 10.5 Å². The molecular weight excluding hydrogens is 354 g/mol. The summed E-state index contributed by atoms with van der Waals surface area (Å²) in [5.41, 5.74) is 8.69. The summed E-state index contributed by atoms with van der Waals surface area (Å²) in [6.45, 7) is 4.39. The van der Waals surface area contributed by atoms with Crippen LogP contribution in [0.1, 0.15) is 13.3 Å². The standard InChI is InChI=1S/C18H20BrN3O/c1-2-11-21-16-5-3-4-6-17(16)22(18(21)20)12-13-23-15-9-7-14(19)8-10-15/h3-10,20H,2,11-13H2,1H3/p+1. The average molecular weight is 375 g/mol. The molecule has 0 saturated heterocycles. The minimum atomic E-state index is 0.580. The molecule has 120 valence electrons. The summed E-state index contributed by atoms with van der Waals surface area (Å²) >= 11 is 3.43. The van der Waals surface area contributed by atoms with Crippen LogP contribution in [0.4, 0.5) is 5.95 Å². The molecule has 3 aromatic rings. The number of nitrogens with two attached hydrogens (primary N) is 1. The van der Waals surface area contributed by atoms with Crippen LogP contribution in [0.5, 0.6) is 5.75 Å². The molecule has 4 nitrogen and oxygen atoms in total. The maximum atomic E-state index is 6.37. The van der Waals surface area contributed by atoms with Crippen molar-refractivity contribution in [2.75, 3.05) is 12.3 Å². The lowest BCUT2D eigenvalue weighted by Gasteiger charge is -2.06. The van der Waals surface area contributed by atoms with Gasteiger partial charge in [-0.1, -0.05) is 35.0 Å². The first-order valence-electron chi connectivity index (χ1n) is 7.85. The van der Waals surface area contributed by atoms with Crippen LogP contribution < -0.4 is 15.0 Å². The van der Waals surface area contributed by atoms with Crippen LogP contribution in [-0.2, 0) is 13.1 Å². The fourth-order valence-electron chi connectivity index (χ4n) is 2.79. The molecular formula is C18H21BrN3O+. The largest absolute Gasteiger partial charge is 0.490 e. The summed E-state index contributed by atoms with van der Waals surface area (Å²) in [7, 11) is 0.